The van der Waals surface area contributed by atoms with Gasteiger partial charge in [0.25, 0.3) is 0 Å². The lowest BCUT2D eigenvalue weighted by Gasteiger charge is -2.22. The molecule has 1 heterocycles. The van der Waals surface area contributed by atoms with E-state index in [2.05, 4.69) is 35.4 Å². The summed E-state index contributed by atoms with van der Waals surface area (Å²) in [5.41, 5.74) is 1.08. The van der Waals surface area contributed by atoms with E-state index in [1.807, 2.05) is 18.2 Å². The van der Waals surface area contributed by atoms with Crippen molar-refractivity contribution in [3.63, 3.8) is 0 Å². The zero-order valence-electron chi connectivity index (χ0n) is 15.1. The molecular weight excluding hydrogens is 334 g/mol. The molecule has 2 fully saturated rings. The van der Waals surface area contributed by atoms with Gasteiger partial charge in [0.2, 0.25) is 5.91 Å². The summed E-state index contributed by atoms with van der Waals surface area (Å²) in [5.74, 6) is 0.917. The second kappa shape index (κ2) is 7.60. The average Bonchev–Trinajstić information content (AvgIpc) is 3.28. The van der Waals surface area contributed by atoms with Gasteiger partial charge in [0.05, 0.1) is 13.0 Å². The first-order valence-electron chi connectivity index (χ1n) is 8.98. The Hall–Kier alpha value is -1.82. The second-order valence-corrected chi connectivity index (χ2v) is 7.63. The van der Waals surface area contributed by atoms with E-state index in [0.717, 1.165) is 35.8 Å². The van der Waals surface area contributed by atoms with E-state index in [-0.39, 0.29) is 23.8 Å². The summed E-state index contributed by atoms with van der Waals surface area (Å²) >= 11 is 5.55. The highest BCUT2D eigenvalue weighted by Gasteiger charge is 2.41. The van der Waals surface area contributed by atoms with E-state index in [9.17, 15) is 4.79 Å². The molecule has 5 nitrogen and oxygen atoms in total. The van der Waals surface area contributed by atoms with Crippen LogP contribution in [0.2, 0.25) is 0 Å². The molecule has 1 aliphatic carbocycles. The Kier molecular flexibility index (Phi) is 5.47. The summed E-state index contributed by atoms with van der Waals surface area (Å²) in [6.45, 7) is 5.50. The number of nitrogens with one attached hydrogen (secondary N) is 2. The fourth-order valence-electron chi connectivity index (χ4n) is 3.40. The topological polar surface area (TPSA) is 53.6 Å². The first kappa shape index (κ1) is 18.0. The number of benzene rings is 1. The number of amides is 1. The van der Waals surface area contributed by atoms with E-state index in [0.29, 0.717) is 12.6 Å². The third kappa shape index (κ3) is 4.24. The van der Waals surface area contributed by atoms with Gasteiger partial charge in [-0.3, -0.25) is 4.79 Å². The van der Waals surface area contributed by atoms with Crippen LogP contribution in [-0.2, 0) is 4.79 Å². The van der Waals surface area contributed by atoms with Crippen LogP contribution in [0.4, 0.5) is 0 Å². The molecule has 3 rings (SSSR count). The molecule has 2 aliphatic rings. The van der Waals surface area contributed by atoms with Gasteiger partial charge in [0.1, 0.15) is 5.75 Å². The van der Waals surface area contributed by atoms with Crippen molar-refractivity contribution in [2.24, 2.45) is 5.92 Å². The number of methoxy groups -OCH3 is 1. The Labute approximate surface area is 155 Å². The van der Waals surface area contributed by atoms with E-state index in [1.165, 1.54) is 0 Å². The van der Waals surface area contributed by atoms with Crippen LogP contribution in [0.3, 0.4) is 0 Å². The first-order chi connectivity index (χ1) is 12.0. The van der Waals surface area contributed by atoms with Crippen LogP contribution in [-0.4, -0.2) is 48.2 Å². The molecule has 2 N–H and O–H groups in total. The highest BCUT2D eigenvalue weighted by atomic mass is 32.1. The summed E-state index contributed by atoms with van der Waals surface area (Å²) in [7, 11) is 1.68. The van der Waals surface area contributed by atoms with Gasteiger partial charge in [-0.2, -0.15) is 0 Å². The lowest BCUT2D eigenvalue weighted by molar-refractivity contribution is -0.125. The summed E-state index contributed by atoms with van der Waals surface area (Å²) in [6.07, 6.45) is 2.18. The van der Waals surface area contributed by atoms with Crippen LogP contribution < -0.4 is 15.4 Å². The molecule has 2 atom stereocenters. The predicted octanol–water partition coefficient (Wildman–Crippen LogP) is 2.27. The molecule has 0 spiro atoms. The molecule has 1 aromatic rings. The third-order valence-corrected chi connectivity index (χ3v) is 5.19. The van der Waals surface area contributed by atoms with Gasteiger partial charge in [-0.1, -0.05) is 18.2 Å². The second-order valence-electron chi connectivity index (χ2n) is 7.25. The molecule has 1 saturated carbocycles. The maximum atomic E-state index is 12.8. The standard InChI is InChI=1S/C19H27N3O2S/c1-12(2)20-19(25)22-10-15(14-6-4-5-7-17(14)24-3)16(11-22)18(23)21-13-8-9-13/h4-7,12-13,15-16H,8-11H2,1-3H3,(H,20,25)(H,21,23). The molecule has 25 heavy (non-hydrogen) atoms. The van der Waals surface area contributed by atoms with Gasteiger partial charge < -0.3 is 20.3 Å². The fourth-order valence-corrected chi connectivity index (χ4v) is 3.78. The molecule has 6 heteroatoms. The van der Waals surface area contributed by atoms with Crippen molar-refractivity contribution < 1.29 is 9.53 Å². The molecule has 0 bridgehead atoms. The van der Waals surface area contributed by atoms with Crippen molar-refractivity contribution in [1.82, 2.24) is 15.5 Å². The number of likely N-dealkylation sites (tertiary alicyclic amines) is 1. The van der Waals surface area contributed by atoms with Gasteiger partial charge in [-0.05, 0) is 50.5 Å². The number of rotatable bonds is 5. The zero-order chi connectivity index (χ0) is 18.0. The van der Waals surface area contributed by atoms with E-state index < -0.39 is 0 Å². The Morgan fingerprint density at radius 1 is 1.28 bits per heavy atom. The Balaban J connectivity index is 1.83. The van der Waals surface area contributed by atoms with Crippen LogP contribution in [0, 0.1) is 5.92 Å². The number of para-hydroxylation sites is 1. The summed E-state index contributed by atoms with van der Waals surface area (Å²) in [5, 5.41) is 7.17. The molecule has 0 radical (unpaired) electrons. The molecule has 1 amide bonds. The van der Waals surface area contributed by atoms with E-state index in [1.54, 1.807) is 7.11 Å². The SMILES string of the molecule is COc1ccccc1C1CN(C(=S)NC(C)C)CC1C(=O)NC1CC1. The molecule has 1 saturated heterocycles. The van der Waals surface area contributed by atoms with Crippen molar-refractivity contribution in [1.29, 1.82) is 0 Å². The smallest absolute Gasteiger partial charge is 0.225 e. The highest BCUT2D eigenvalue weighted by molar-refractivity contribution is 7.80. The van der Waals surface area contributed by atoms with Gasteiger partial charge in [0.15, 0.2) is 5.11 Å². The lowest BCUT2D eigenvalue weighted by Crippen LogP contribution is -2.42. The number of carbonyl (C=O) groups excluding carboxylic acids is 1. The third-order valence-electron chi connectivity index (χ3n) is 4.82. The van der Waals surface area contributed by atoms with Crippen molar-refractivity contribution in [2.75, 3.05) is 20.2 Å². The quantitative estimate of drug-likeness (QED) is 0.788. The number of carbonyl (C=O) groups is 1. The minimum Gasteiger partial charge on any atom is -0.496 e. The van der Waals surface area contributed by atoms with Crippen LogP contribution >= 0.6 is 12.2 Å². The maximum Gasteiger partial charge on any atom is 0.225 e. The van der Waals surface area contributed by atoms with Gasteiger partial charge >= 0.3 is 0 Å². The number of thiocarbonyl (C=S) groups is 1. The summed E-state index contributed by atoms with van der Waals surface area (Å²) < 4.78 is 5.54. The van der Waals surface area contributed by atoms with Crippen LogP contribution in [0.5, 0.6) is 5.75 Å². The fraction of sp³-hybridized carbons (Fsp3) is 0.579. The Bertz CT molecular complexity index is 645. The van der Waals surface area contributed by atoms with Crippen molar-refractivity contribution in [2.45, 2.75) is 44.7 Å². The number of ether oxygens (including phenoxy) is 1. The average molecular weight is 362 g/mol. The van der Waals surface area contributed by atoms with Crippen molar-refractivity contribution >= 4 is 23.2 Å². The Morgan fingerprint density at radius 3 is 2.64 bits per heavy atom. The normalized spacial score (nSPS) is 22.8. The minimum atomic E-state index is -0.121. The van der Waals surface area contributed by atoms with Gasteiger partial charge in [-0.25, -0.2) is 0 Å². The molecule has 1 aliphatic heterocycles. The van der Waals surface area contributed by atoms with Crippen molar-refractivity contribution in [3.05, 3.63) is 29.8 Å². The minimum absolute atomic E-state index is 0.0711. The summed E-state index contributed by atoms with van der Waals surface area (Å²) in [6, 6.07) is 8.61. The summed E-state index contributed by atoms with van der Waals surface area (Å²) in [4.78, 5) is 14.9. The highest BCUT2D eigenvalue weighted by Crippen LogP contribution is 2.38. The van der Waals surface area contributed by atoms with Crippen LogP contribution in [0.25, 0.3) is 0 Å². The lowest BCUT2D eigenvalue weighted by atomic mass is 9.87. The molecular formula is C19H27N3O2S. The first-order valence-corrected chi connectivity index (χ1v) is 9.39. The molecule has 2 unspecified atom stereocenters. The van der Waals surface area contributed by atoms with Gasteiger partial charge in [0, 0.05) is 31.1 Å². The van der Waals surface area contributed by atoms with E-state index in [4.69, 9.17) is 17.0 Å². The largest absolute Gasteiger partial charge is 0.496 e. The Morgan fingerprint density at radius 2 is 2.00 bits per heavy atom. The zero-order valence-corrected chi connectivity index (χ0v) is 15.9. The van der Waals surface area contributed by atoms with E-state index >= 15 is 0 Å². The molecule has 0 aromatic heterocycles. The number of nitrogens with zero attached hydrogens (tertiary/aromatic N) is 1. The van der Waals surface area contributed by atoms with Crippen LogP contribution in [0.1, 0.15) is 38.2 Å². The number of hydrogen-bond acceptors (Lipinski definition) is 3. The predicted molar refractivity (Wildman–Crippen MR) is 103 cm³/mol. The molecule has 136 valence electrons. The monoisotopic (exact) mass is 361 g/mol. The maximum absolute atomic E-state index is 12.8. The molecule has 1 aromatic carbocycles. The number of hydrogen-bond donors (Lipinski definition) is 2. The van der Waals surface area contributed by atoms with Gasteiger partial charge in [-0.15, -0.1) is 0 Å². The van der Waals surface area contributed by atoms with Crippen LogP contribution in [0.15, 0.2) is 24.3 Å². The van der Waals surface area contributed by atoms with Crippen molar-refractivity contribution in [3.8, 4) is 5.75 Å².